The maximum Gasteiger partial charge on any atom is 0.276 e. The molecule has 0 aliphatic heterocycles. The van der Waals surface area contributed by atoms with Crippen LogP contribution >= 0.6 is 0 Å². The van der Waals surface area contributed by atoms with E-state index in [1.54, 1.807) is 0 Å². The van der Waals surface area contributed by atoms with Crippen LogP contribution in [0.15, 0.2) is 18.2 Å². The molecule has 0 aliphatic carbocycles. The molecule has 28 heavy (non-hydrogen) atoms. The molecular formula is C21H36N3O4+. The van der Waals surface area contributed by atoms with Crippen LogP contribution in [0.4, 0.5) is 11.4 Å². The summed E-state index contributed by atoms with van der Waals surface area (Å²) in [6.07, 6.45) is 12.8. The first-order valence-electron chi connectivity index (χ1n) is 10.5. The summed E-state index contributed by atoms with van der Waals surface area (Å²) < 4.78 is 0.662. The van der Waals surface area contributed by atoms with Crippen LogP contribution in [0.1, 0.15) is 76.7 Å². The Morgan fingerprint density at radius 2 is 1.18 bits per heavy atom. The predicted octanol–water partition coefficient (Wildman–Crippen LogP) is 6.00. The van der Waals surface area contributed by atoms with Crippen LogP contribution in [0.3, 0.4) is 0 Å². The van der Waals surface area contributed by atoms with Gasteiger partial charge in [0.25, 0.3) is 11.4 Å². The Kier molecular flexibility index (Phi) is 10.7. The third kappa shape index (κ3) is 9.78. The van der Waals surface area contributed by atoms with Gasteiger partial charge in [-0.25, -0.2) is 0 Å². The lowest BCUT2D eigenvalue weighted by Crippen LogP contribution is -2.39. The van der Waals surface area contributed by atoms with E-state index in [-0.39, 0.29) is 11.4 Å². The Morgan fingerprint density at radius 3 is 1.61 bits per heavy atom. The second-order valence-corrected chi connectivity index (χ2v) is 8.37. The molecule has 0 radical (unpaired) electrons. The molecule has 0 fully saturated rings. The topological polar surface area (TPSA) is 86.3 Å². The zero-order valence-corrected chi connectivity index (χ0v) is 17.7. The maximum atomic E-state index is 11.0. The molecule has 0 saturated heterocycles. The Balaban J connectivity index is 2.39. The molecule has 1 aromatic carbocycles. The van der Waals surface area contributed by atoms with Gasteiger partial charge >= 0.3 is 0 Å². The fraction of sp³-hybridized carbons (Fsp3) is 0.714. The van der Waals surface area contributed by atoms with Crippen molar-refractivity contribution in [3.63, 3.8) is 0 Å². The Bertz CT molecular complexity index is 600. The molecule has 0 N–H and O–H groups in total. The van der Waals surface area contributed by atoms with Crippen LogP contribution in [0, 0.1) is 20.2 Å². The molecule has 7 nitrogen and oxygen atoms in total. The van der Waals surface area contributed by atoms with Crippen molar-refractivity contribution in [1.29, 1.82) is 0 Å². The van der Waals surface area contributed by atoms with Gasteiger partial charge in [-0.15, -0.1) is 0 Å². The van der Waals surface area contributed by atoms with Gasteiger partial charge in [0, 0.05) is 17.7 Å². The number of benzene rings is 1. The largest absolute Gasteiger partial charge is 0.325 e. The number of nitro groups is 2. The number of quaternary nitrogens is 1. The number of unbranched alkanes of at least 4 members (excludes halogenated alkanes) is 9. The van der Waals surface area contributed by atoms with E-state index in [1.807, 2.05) is 0 Å². The summed E-state index contributed by atoms with van der Waals surface area (Å²) in [6.45, 7) is 3.73. The van der Waals surface area contributed by atoms with E-state index in [0.29, 0.717) is 16.6 Å². The Morgan fingerprint density at radius 1 is 0.750 bits per heavy atom. The summed E-state index contributed by atoms with van der Waals surface area (Å²) in [6, 6.07) is 3.92. The number of nitrogens with zero attached hydrogens (tertiary/aromatic N) is 3. The normalized spacial score (nSPS) is 11.5. The first-order valence-corrected chi connectivity index (χ1v) is 10.5. The van der Waals surface area contributed by atoms with Gasteiger partial charge in [-0.3, -0.25) is 20.2 Å². The molecule has 0 bridgehead atoms. The van der Waals surface area contributed by atoms with Gasteiger partial charge in [0.2, 0.25) is 0 Å². The number of rotatable bonds is 15. The van der Waals surface area contributed by atoms with Crippen LogP contribution in [0.2, 0.25) is 0 Å². The fourth-order valence-electron chi connectivity index (χ4n) is 3.56. The standard InChI is InChI=1S/C21H36N3O4/c1-4-5-6-7-8-9-10-11-12-13-14-24(2,3)18-19-15-20(22(25)26)17-21(16-19)23(27)28/h15-17H,4-14,18H2,1-3H3/q+1. The van der Waals surface area contributed by atoms with E-state index in [1.165, 1.54) is 69.9 Å². The highest BCUT2D eigenvalue weighted by atomic mass is 16.6. The lowest BCUT2D eigenvalue weighted by molar-refractivity contribution is -0.903. The van der Waals surface area contributed by atoms with Crippen molar-refractivity contribution in [3.8, 4) is 0 Å². The molecule has 7 heteroatoms. The van der Waals surface area contributed by atoms with Crippen molar-refractivity contribution in [1.82, 2.24) is 0 Å². The molecule has 1 aromatic rings. The van der Waals surface area contributed by atoms with E-state index < -0.39 is 9.85 Å². The number of non-ortho nitro benzene ring substituents is 2. The lowest BCUT2D eigenvalue weighted by atomic mass is 10.1. The third-order valence-electron chi connectivity index (χ3n) is 5.11. The molecule has 0 heterocycles. The van der Waals surface area contributed by atoms with Gasteiger partial charge in [-0.1, -0.05) is 58.3 Å². The minimum atomic E-state index is -0.571. The van der Waals surface area contributed by atoms with Crippen LogP contribution in [0.25, 0.3) is 0 Å². The van der Waals surface area contributed by atoms with Crippen LogP contribution in [0.5, 0.6) is 0 Å². The lowest BCUT2D eigenvalue weighted by Gasteiger charge is -2.29. The quantitative estimate of drug-likeness (QED) is 0.158. The molecule has 0 aliphatic rings. The van der Waals surface area contributed by atoms with Crippen molar-refractivity contribution in [2.45, 2.75) is 77.7 Å². The SMILES string of the molecule is CCCCCCCCCCCC[N+](C)(C)Cc1cc([N+](=O)[O-])cc([N+](=O)[O-])c1. The van der Waals surface area contributed by atoms with Crippen molar-refractivity contribution >= 4 is 11.4 Å². The molecule has 158 valence electrons. The molecule has 0 unspecified atom stereocenters. The van der Waals surface area contributed by atoms with Crippen molar-refractivity contribution in [3.05, 3.63) is 44.0 Å². The van der Waals surface area contributed by atoms with E-state index in [0.717, 1.165) is 19.0 Å². The zero-order valence-electron chi connectivity index (χ0n) is 17.7. The molecule has 0 spiro atoms. The molecular weight excluding hydrogens is 358 g/mol. The van der Waals surface area contributed by atoms with E-state index in [4.69, 9.17) is 0 Å². The zero-order chi connectivity index (χ0) is 21.0. The highest BCUT2D eigenvalue weighted by Crippen LogP contribution is 2.24. The second-order valence-electron chi connectivity index (χ2n) is 8.37. The van der Waals surface area contributed by atoms with E-state index in [9.17, 15) is 20.2 Å². The van der Waals surface area contributed by atoms with Crippen LogP contribution < -0.4 is 0 Å². The van der Waals surface area contributed by atoms with Gasteiger partial charge in [-0.05, 0) is 12.8 Å². The average Bonchev–Trinajstić information content (AvgIpc) is 2.62. The first kappa shape index (κ1) is 24.0. The summed E-state index contributed by atoms with van der Waals surface area (Å²) >= 11 is 0. The smallest absolute Gasteiger partial charge is 0.276 e. The highest BCUT2D eigenvalue weighted by Gasteiger charge is 2.21. The molecule has 0 amide bonds. The summed E-state index contributed by atoms with van der Waals surface area (Å²) in [5.41, 5.74) is 0.198. The second kappa shape index (κ2) is 12.4. The summed E-state index contributed by atoms with van der Waals surface area (Å²) in [4.78, 5) is 20.9. The van der Waals surface area contributed by atoms with Crippen molar-refractivity contribution in [2.24, 2.45) is 0 Å². The average molecular weight is 395 g/mol. The Labute approximate surface area is 168 Å². The maximum absolute atomic E-state index is 11.0. The summed E-state index contributed by atoms with van der Waals surface area (Å²) in [7, 11) is 4.14. The monoisotopic (exact) mass is 394 g/mol. The molecule has 0 saturated carbocycles. The molecule has 0 atom stereocenters. The number of nitro benzene ring substituents is 2. The molecule has 1 rings (SSSR count). The predicted molar refractivity (Wildman–Crippen MR) is 112 cm³/mol. The third-order valence-corrected chi connectivity index (χ3v) is 5.11. The first-order chi connectivity index (χ1) is 13.2. The van der Waals surface area contributed by atoms with Crippen molar-refractivity contribution in [2.75, 3.05) is 20.6 Å². The summed E-state index contributed by atoms with van der Waals surface area (Å²) in [5, 5.41) is 22.1. The Hall–Kier alpha value is -2.02. The van der Waals surface area contributed by atoms with Crippen LogP contribution in [-0.2, 0) is 6.54 Å². The number of hydrogen-bond donors (Lipinski definition) is 0. The summed E-state index contributed by atoms with van der Waals surface area (Å²) in [5.74, 6) is 0. The van der Waals surface area contributed by atoms with Crippen molar-refractivity contribution < 1.29 is 14.3 Å². The van der Waals surface area contributed by atoms with Gasteiger partial charge < -0.3 is 4.48 Å². The minimum absolute atomic E-state index is 0.219. The van der Waals surface area contributed by atoms with Gasteiger partial charge in [0.05, 0.1) is 36.6 Å². The molecule has 0 aromatic heterocycles. The van der Waals surface area contributed by atoms with Gasteiger partial charge in [0.1, 0.15) is 6.54 Å². The van der Waals surface area contributed by atoms with E-state index in [2.05, 4.69) is 21.0 Å². The highest BCUT2D eigenvalue weighted by molar-refractivity contribution is 5.46. The van der Waals surface area contributed by atoms with Gasteiger partial charge in [-0.2, -0.15) is 0 Å². The van der Waals surface area contributed by atoms with E-state index >= 15 is 0 Å². The minimum Gasteiger partial charge on any atom is -0.325 e. The fourth-order valence-corrected chi connectivity index (χ4v) is 3.56. The van der Waals surface area contributed by atoms with Crippen LogP contribution in [-0.4, -0.2) is 35.0 Å². The van der Waals surface area contributed by atoms with Gasteiger partial charge in [0.15, 0.2) is 0 Å². The number of hydrogen-bond acceptors (Lipinski definition) is 4.